The molecule has 0 fully saturated rings. The summed E-state index contributed by atoms with van der Waals surface area (Å²) in [7, 11) is 0. The highest BCUT2D eigenvalue weighted by Crippen LogP contribution is 2.23. The van der Waals surface area contributed by atoms with Gasteiger partial charge in [-0.1, -0.05) is 18.6 Å². The summed E-state index contributed by atoms with van der Waals surface area (Å²) in [5.41, 5.74) is 0.921. The summed E-state index contributed by atoms with van der Waals surface area (Å²) < 4.78 is 14.5. The van der Waals surface area contributed by atoms with Gasteiger partial charge in [0.05, 0.1) is 0 Å². The first-order valence-corrected chi connectivity index (χ1v) is 7.17. The quantitative estimate of drug-likeness (QED) is 0.589. The van der Waals surface area contributed by atoms with Crippen molar-refractivity contribution in [2.24, 2.45) is 5.92 Å². The number of rotatable bonds is 6. The number of ether oxygens (including phenoxy) is 1. The monoisotopic (exact) mass is 270 g/mol. The van der Waals surface area contributed by atoms with Crippen molar-refractivity contribution in [3.63, 3.8) is 0 Å². The second kappa shape index (κ2) is 7.77. The number of carbonyl (C=O) groups is 1. The molecular formula is C14H22O3S. The van der Waals surface area contributed by atoms with Crippen molar-refractivity contribution in [2.45, 2.75) is 51.6 Å². The van der Waals surface area contributed by atoms with Crippen LogP contribution in [-0.4, -0.2) is 21.9 Å². The van der Waals surface area contributed by atoms with Crippen LogP contribution in [0.3, 0.4) is 0 Å². The number of hydrogen-bond donors (Lipinski definition) is 1. The Bertz CT molecular complexity index is 332. The van der Waals surface area contributed by atoms with Gasteiger partial charge in [0.25, 0.3) is 0 Å². The van der Waals surface area contributed by atoms with Crippen LogP contribution >= 0.6 is 12.0 Å². The minimum Gasteiger partial charge on any atom is -0.350 e. The first-order valence-electron chi connectivity index (χ1n) is 6.34. The van der Waals surface area contributed by atoms with Crippen LogP contribution in [0, 0.1) is 5.92 Å². The molecule has 102 valence electrons. The van der Waals surface area contributed by atoms with Crippen LogP contribution in [0.4, 0.5) is 0 Å². The van der Waals surface area contributed by atoms with Gasteiger partial charge < -0.3 is 9.29 Å². The Morgan fingerprint density at radius 2 is 2.33 bits per heavy atom. The molecule has 0 spiro atoms. The van der Waals surface area contributed by atoms with Crippen molar-refractivity contribution < 1.29 is 14.1 Å². The molecule has 0 amide bonds. The fourth-order valence-electron chi connectivity index (χ4n) is 1.93. The molecule has 3 atom stereocenters. The molecule has 1 heterocycles. The molecule has 1 aliphatic heterocycles. The van der Waals surface area contributed by atoms with E-state index in [4.69, 9.17) is 9.29 Å². The molecule has 0 aromatic carbocycles. The van der Waals surface area contributed by atoms with Crippen molar-refractivity contribution in [2.75, 3.05) is 0 Å². The topological polar surface area (TPSA) is 46.5 Å². The second-order valence-corrected chi connectivity index (χ2v) is 5.74. The maximum absolute atomic E-state index is 11.7. The van der Waals surface area contributed by atoms with Crippen LogP contribution in [-0.2, 0) is 9.53 Å². The second-order valence-electron chi connectivity index (χ2n) is 5.06. The lowest BCUT2D eigenvalue weighted by Gasteiger charge is -2.25. The molecule has 0 aromatic rings. The summed E-state index contributed by atoms with van der Waals surface area (Å²) in [6.07, 6.45) is 7.74. The van der Waals surface area contributed by atoms with Crippen LogP contribution in [0.2, 0.25) is 0 Å². The van der Waals surface area contributed by atoms with Crippen LogP contribution in [0.5, 0.6) is 0 Å². The van der Waals surface area contributed by atoms with E-state index in [0.717, 1.165) is 19.3 Å². The van der Waals surface area contributed by atoms with Gasteiger partial charge >= 0.3 is 0 Å². The van der Waals surface area contributed by atoms with Gasteiger partial charge in [-0.25, -0.2) is 0 Å². The maximum Gasteiger partial charge on any atom is 0.184 e. The molecule has 0 radical (unpaired) electrons. The highest BCUT2D eigenvalue weighted by atomic mass is 32.2. The summed E-state index contributed by atoms with van der Waals surface area (Å²) in [5.74, 6) is 0.444. The predicted molar refractivity (Wildman–Crippen MR) is 75.5 cm³/mol. The molecule has 3 nitrogen and oxygen atoms in total. The van der Waals surface area contributed by atoms with Crippen LogP contribution < -0.4 is 0 Å². The molecule has 3 unspecified atom stereocenters. The minimum absolute atomic E-state index is 0.00867. The third-order valence-electron chi connectivity index (χ3n) is 2.97. The van der Waals surface area contributed by atoms with Gasteiger partial charge in [0.15, 0.2) is 5.78 Å². The van der Waals surface area contributed by atoms with E-state index in [0.29, 0.717) is 18.0 Å². The van der Waals surface area contributed by atoms with Crippen molar-refractivity contribution in [3.8, 4) is 0 Å². The standard InChI is InChI=1S/C14H22O3S/c1-10(2)5-4-6-11(3)9-13-12(15)7-8-14(17-13)18-16/h5,7-8,11,13-14,16H,4,6,9H2,1-3H3. The average molecular weight is 270 g/mol. The zero-order chi connectivity index (χ0) is 13.5. The fraction of sp³-hybridized carbons (Fsp3) is 0.643. The molecule has 0 bridgehead atoms. The molecule has 0 aromatic heterocycles. The molecule has 1 aliphatic rings. The van der Waals surface area contributed by atoms with Crippen LogP contribution in [0.25, 0.3) is 0 Å². The van der Waals surface area contributed by atoms with Crippen LogP contribution in [0.15, 0.2) is 23.8 Å². The highest BCUT2D eigenvalue weighted by molar-refractivity contribution is 7.94. The van der Waals surface area contributed by atoms with E-state index in [1.165, 1.54) is 11.6 Å². The van der Waals surface area contributed by atoms with Crippen molar-refractivity contribution >= 4 is 17.8 Å². The molecule has 1 rings (SSSR count). The average Bonchev–Trinajstić information content (AvgIpc) is 2.31. The number of carbonyl (C=O) groups excluding carboxylic acids is 1. The SMILES string of the molecule is CC(C)=CCCC(C)CC1OC(SO)C=CC1=O. The van der Waals surface area contributed by atoms with E-state index >= 15 is 0 Å². The molecule has 1 N–H and O–H groups in total. The molecule has 4 heteroatoms. The number of ketones is 1. The summed E-state index contributed by atoms with van der Waals surface area (Å²) in [4.78, 5) is 11.7. The molecular weight excluding hydrogens is 248 g/mol. The Hall–Kier alpha value is -0.580. The van der Waals surface area contributed by atoms with E-state index < -0.39 is 11.5 Å². The molecule has 0 saturated carbocycles. The summed E-state index contributed by atoms with van der Waals surface area (Å²) in [5, 5.41) is 0. The van der Waals surface area contributed by atoms with Gasteiger partial charge in [-0.05, 0) is 51.2 Å². The van der Waals surface area contributed by atoms with Gasteiger partial charge in [0.2, 0.25) is 0 Å². The highest BCUT2D eigenvalue weighted by Gasteiger charge is 2.26. The zero-order valence-corrected chi connectivity index (χ0v) is 12.1. The fourth-order valence-corrected chi connectivity index (χ4v) is 2.26. The third-order valence-corrected chi connectivity index (χ3v) is 3.44. The van der Waals surface area contributed by atoms with Crippen molar-refractivity contribution in [1.29, 1.82) is 0 Å². The van der Waals surface area contributed by atoms with E-state index in [-0.39, 0.29) is 5.78 Å². The Morgan fingerprint density at radius 3 is 2.94 bits per heavy atom. The summed E-state index contributed by atoms with van der Waals surface area (Å²) in [6.45, 7) is 6.31. The van der Waals surface area contributed by atoms with Gasteiger partial charge in [0, 0.05) is 12.0 Å². The minimum atomic E-state index is -0.405. The zero-order valence-electron chi connectivity index (χ0n) is 11.3. The van der Waals surface area contributed by atoms with Crippen molar-refractivity contribution in [1.82, 2.24) is 0 Å². The molecule has 0 aliphatic carbocycles. The van der Waals surface area contributed by atoms with E-state index in [1.54, 1.807) is 6.08 Å². The smallest absolute Gasteiger partial charge is 0.184 e. The normalized spacial score (nSPS) is 25.0. The van der Waals surface area contributed by atoms with Crippen LogP contribution in [0.1, 0.15) is 40.0 Å². The van der Waals surface area contributed by atoms with Gasteiger partial charge in [-0.15, -0.1) is 0 Å². The van der Waals surface area contributed by atoms with Gasteiger partial charge in [-0.3, -0.25) is 4.79 Å². The van der Waals surface area contributed by atoms with Crippen molar-refractivity contribution in [3.05, 3.63) is 23.8 Å². The van der Waals surface area contributed by atoms with E-state index in [9.17, 15) is 4.79 Å². The Balaban J connectivity index is 2.39. The first-order chi connectivity index (χ1) is 8.52. The number of hydrogen-bond acceptors (Lipinski definition) is 4. The third kappa shape index (κ3) is 5.38. The van der Waals surface area contributed by atoms with Gasteiger partial charge in [0.1, 0.15) is 11.5 Å². The largest absolute Gasteiger partial charge is 0.350 e. The van der Waals surface area contributed by atoms with E-state index in [1.807, 2.05) is 0 Å². The lowest BCUT2D eigenvalue weighted by atomic mass is 9.95. The van der Waals surface area contributed by atoms with Gasteiger partial charge in [-0.2, -0.15) is 0 Å². The lowest BCUT2D eigenvalue weighted by molar-refractivity contribution is -0.128. The Kier molecular flexibility index (Phi) is 6.68. The molecule has 18 heavy (non-hydrogen) atoms. The summed E-state index contributed by atoms with van der Waals surface area (Å²) in [6, 6.07) is 0. The van der Waals surface area contributed by atoms with E-state index in [2.05, 4.69) is 26.8 Å². The predicted octanol–water partition coefficient (Wildman–Crippen LogP) is 3.82. The molecule has 0 saturated heterocycles. The Labute approximate surface area is 113 Å². The number of allylic oxidation sites excluding steroid dienone is 2. The summed E-state index contributed by atoms with van der Waals surface area (Å²) >= 11 is 0.630. The maximum atomic E-state index is 11.7. The Morgan fingerprint density at radius 1 is 1.61 bits per heavy atom. The first kappa shape index (κ1) is 15.5. The lowest BCUT2D eigenvalue weighted by Crippen LogP contribution is -2.31.